The van der Waals surface area contributed by atoms with Crippen LogP contribution in [0.15, 0.2) is 57.7 Å². The van der Waals surface area contributed by atoms with Crippen LogP contribution in [0.25, 0.3) is 22.3 Å². The number of aliphatic hydroxyl groups excluding tert-OH is 2. The Balaban J connectivity index is 1.63. The Kier molecular flexibility index (Phi) is 7.56. The Bertz CT molecular complexity index is 1810. The molecule has 0 spiro atoms. The zero-order valence-electron chi connectivity index (χ0n) is 21.9. The number of ether oxygens (including phenoxy) is 3. The molecule has 1 aliphatic rings. The molecule has 4 aromatic rings. The molecule has 44 heavy (non-hydrogen) atoms. The first-order valence-corrected chi connectivity index (χ1v) is 12.5. The van der Waals surface area contributed by atoms with Gasteiger partial charge in [-0.15, -0.1) is 0 Å². The second kappa shape index (κ2) is 11.2. The van der Waals surface area contributed by atoms with Crippen molar-refractivity contribution in [3.63, 3.8) is 0 Å². The van der Waals surface area contributed by atoms with E-state index >= 15 is 0 Å². The van der Waals surface area contributed by atoms with E-state index in [1.54, 1.807) is 0 Å². The average molecular weight is 614 g/mol. The van der Waals surface area contributed by atoms with Crippen LogP contribution >= 0.6 is 0 Å². The van der Waals surface area contributed by atoms with Crippen LogP contribution in [0.3, 0.4) is 0 Å². The third-order valence-corrected chi connectivity index (χ3v) is 6.62. The summed E-state index contributed by atoms with van der Waals surface area (Å²) < 4.78 is 22.0. The fourth-order valence-corrected chi connectivity index (χ4v) is 4.47. The van der Waals surface area contributed by atoms with E-state index in [1.807, 2.05) is 0 Å². The van der Waals surface area contributed by atoms with Crippen molar-refractivity contribution >= 4 is 22.9 Å². The molecule has 5 unspecified atom stereocenters. The Labute approximate surface area is 244 Å². The lowest BCUT2D eigenvalue weighted by Crippen LogP contribution is -2.62. The Hall–Kier alpha value is -5.71. The van der Waals surface area contributed by atoms with Gasteiger partial charge in [-0.1, -0.05) is 0 Å². The maximum atomic E-state index is 13.7. The number of aromatic hydroxyl groups is 6. The summed E-state index contributed by atoms with van der Waals surface area (Å²) >= 11 is 0. The van der Waals surface area contributed by atoms with Gasteiger partial charge in [0.15, 0.2) is 35.2 Å². The van der Waals surface area contributed by atoms with Crippen LogP contribution in [0, 0.1) is 0 Å². The van der Waals surface area contributed by atoms with E-state index in [2.05, 4.69) is 0 Å². The maximum absolute atomic E-state index is 13.7. The van der Waals surface area contributed by atoms with Gasteiger partial charge in [0.05, 0.1) is 5.56 Å². The average Bonchev–Trinajstić information content (AvgIpc) is 2.96. The lowest BCUT2D eigenvalue weighted by atomic mass is 9.98. The van der Waals surface area contributed by atoms with E-state index in [0.717, 1.165) is 12.1 Å². The maximum Gasteiger partial charge on any atom is 0.339 e. The van der Waals surface area contributed by atoms with E-state index in [0.29, 0.717) is 12.1 Å². The monoisotopic (exact) mass is 614 g/mol. The second-order valence-corrected chi connectivity index (χ2v) is 9.57. The van der Waals surface area contributed by atoms with Gasteiger partial charge < -0.3 is 64.6 Å². The summed E-state index contributed by atoms with van der Waals surface area (Å²) in [4.78, 5) is 38.4. The fraction of sp³-hybridized carbons (Fsp3) is 0.179. The summed E-state index contributed by atoms with van der Waals surface area (Å²) in [7, 11) is 0. The zero-order valence-corrected chi connectivity index (χ0v) is 21.9. The first kappa shape index (κ1) is 29.8. The molecule has 3 aromatic carbocycles. The predicted molar refractivity (Wildman–Crippen MR) is 142 cm³/mol. The normalized spacial score (nSPS) is 21.5. The smallest absolute Gasteiger partial charge is 0.339 e. The third-order valence-electron chi connectivity index (χ3n) is 6.62. The van der Waals surface area contributed by atoms with Crippen molar-refractivity contribution in [2.24, 2.45) is 0 Å². The lowest BCUT2D eigenvalue weighted by molar-refractivity contribution is -0.270. The molecule has 0 saturated carbocycles. The molecule has 1 fully saturated rings. The quantitative estimate of drug-likeness (QED) is 0.107. The molecule has 16 nitrogen and oxygen atoms in total. The standard InChI is InChI=1S/C28H22O16/c29-11-3-1-9(2-4-11)22-23(19(35)17-13(31)7-12(30)8-16(17)41-22)43-28-25(21(37)20(36)24(44-28)26(38)39)42-27(40)10-5-14(32)18(34)15(33)6-10/h1-8,20-21,24-25,28-34,36-37H,(H,38,39). The van der Waals surface area contributed by atoms with Crippen molar-refractivity contribution in [3.05, 3.63) is 64.3 Å². The second-order valence-electron chi connectivity index (χ2n) is 9.57. The Morgan fingerprint density at radius 3 is 2.05 bits per heavy atom. The molecule has 16 heteroatoms. The van der Waals surface area contributed by atoms with Crippen LogP contribution in [-0.2, 0) is 14.3 Å². The molecule has 0 radical (unpaired) electrons. The van der Waals surface area contributed by atoms with Crippen molar-refractivity contribution in [3.8, 4) is 51.6 Å². The number of carboxylic acids is 1. The van der Waals surface area contributed by atoms with Crippen LogP contribution in [0.2, 0.25) is 0 Å². The minimum Gasteiger partial charge on any atom is -0.508 e. The Morgan fingerprint density at radius 2 is 1.43 bits per heavy atom. The number of hydrogen-bond acceptors (Lipinski definition) is 15. The van der Waals surface area contributed by atoms with Gasteiger partial charge in [-0.2, -0.15) is 0 Å². The Morgan fingerprint density at radius 1 is 0.795 bits per heavy atom. The summed E-state index contributed by atoms with van der Waals surface area (Å²) in [6.07, 6.45) is -10.9. The van der Waals surface area contributed by atoms with E-state index in [4.69, 9.17) is 18.6 Å². The SMILES string of the molecule is O=C(OC1C(Oc2c(-c3ccc(O)cc3)oc3cc(O)cc(O)c3c2=O)OC(C(=O)O)C(O)C1O)c1cc(O)c(O)c(O)c1. The van der Waals surface area contributed by atoms with Gasteiger partial charge in [0.25, 0.3) is 0 Å². The van der Waals surface area contributed by atoms with Crippen LogP contribution < -0.4 is 10.2 Å². The zero-order chi connectivity index (χ0) is 32.0. The number of carbonyl (C=O) groups is 2. The summed E-state index contributed by atoms with van der Waals surface area (Å²) in [6, 6.07) is 8.23. The van der Waals surface area contributed by atoms with Crippen LogP contribution in [0.4, 0.5) is 0 Å². The van der Waals surface area contributed by atoms with Crippen LogP contribution in [-0.4, -0.2) is 88.6 Å². The molecule has 2 heterocycles. The van der Waals surface area contributed by atoms with Gasteiger partial charge in [0, 0.05) is 17.7 Å². The van der Waals surface area contributed by atoms with Crippen molar-refractivity contribution in [1.82, 2.24) is 0 Å². The molecule has 5 atom stereocenters. The van der Waals surface area contributed by atoms with Gasteiger partial charge in [-0.25, -0.2) is 9.59 Å². The molecule has 230 valence electrons. The van der Waals surface area contributed by atoms with Gasteiger partial charge >= 0.3 is 11.9 Å². The van der Waals surface area contributed by atoms with Crippen molar-refractivity contribution in [1.29, 1.82) is 0 Å². The summed E-state index contributed by atoms with van der Waals surface area (Å²) in [5, 5.41) is 89.4. The number of rotatable bonds is 6. The minimum absolute atomic E-state index is 0.0781. The molecule has 0 amide bonds. The molecule has 9 N–H and O–H groups in total. The van der Waals surface area contributed by atoms with E-state index in [9.17, 15) is 60.3 Å². The molecule has 1 saturated heterocycles. The highest BCUT2D eigenvalue weighted by molar-refractivity contribution is 5.91. The third kappa shape index (κ3) is 5.31. The highest BCUT2D eigenvalue weighted by Gasteiger charge is 2.51. The fourth-order valence-electron chi connectivity index (χ4n) is 4.47. The summed E-state index contributed by atoms with van der Waals surface area (Å²) in [6.45, 7) is 0. The number of hydrogen-bond donors (Lipinski definition) is 9. The highest BCUT2D eigenvalue weighted by Crippen LogP contribution is 2.39. The van der Waals surface area contributed by atoms with Gasteiger partial charge in [-0.05, 0) is 36.4 Å². The molecule has 5 rings (SSSR count). The van der Waals surface area contributed by atoms with Crippen molar-refractivity contribution < 1.29 is 74.2 Å². The highest BCUT2D eigenvalue weighted by atomic mass is 16.7. The van der Waals surface area contributed by atoms with E-state index in [1.165, 1.54) is 24.3 Å². The topological polar surface area (TPSA) is 274 Å². The number of carbonyl (C=O) groups excluding carboxylic acids is 1. The number of aliphatic carboxylic acids is 1. The summed E-state index contributed by atoms with van der Waals surface area (Å²) in [5.74, 6) is -8.53. The lowest BCUT2D eigenvalue weighted by Gasteiger charge is -2.40. The largest absolute Gasteiger partial charge is 0.508 e. The number of esters is 1. The van der Waals surface area contributed by atoms with E-state index < -0.39 is 99.3 Å². The number of phenols is 6. The van der Waals surface area contributed by atoms with Gasteiger partial charge in [0.2, 0.25) is 17.5 Å². The number of fused-ring (bicyclic) bond motifs is 1. The number of aliphatic hydroxyl groups is 2. The first-order chi connectivity index (χ1) is 20.8. The van der Waals surface area contributed by atoms with E-state index in [-0.39, 0.29) is 16.9 Å². The number of phenolic OH excluding ortho intramolecular Hbond substituents is 6. The number of carboxylic acid groups (broad SMARTS) is 1. The predicted octanol–water partition coefficient (Wildman–Crippen LogP) is 0.829. The molecule has 1 aliphatic heterocycles. The minimum atomic E-state index is -2.23. The van der Waals surface area contributed by atoms with Crippen LogP contribution in [0.1, 0.15) is 10.4 Å². The molecule has 0 aliphatic carbocycles. The first-order valence-electron chi connectivity index (χ1n) is 12.5. The summed E-state index contributed by atoms with van der Waals surface area (Å²) in [5.41, 5.74) is -1.91. The van der Waals surface area contributed by atoms with Crippen LogP contribution in [0.5, 0.6) is 40.2 Å². The van der Waals surface area contributed by atoms with Crippen molar-refractivity contribution in [2.45, 2.75) is 30.7 Å². The van der Waals surface area contributed by atoms with Gasteiger partial charge in [-0.3, -0.25) is 4.79 Å². The van der Waals surface area contributed by atoms with Gasteiger partial charge in [0.1, 0.15) is 40.4 Å². The number of benzene rings is 3. The molecule has 1 aromatic heterocycles. The molecular weight excluding hydrogens is 592 g/mol. The molecule has 0 bridgehead atoms. The molecular formula is C28H22O16. The van der Waals surface area contributed by atoms with Crippen molar-refractivity contribution in [2.75, 3.05) is 0 Å².